The molecule has 3 aromatic rings. The van der Waals surface area contributed by atoms with Gasteiger partial charge in [-0.3, -0.25) is 0 Å². The van der Waals surface area contributed by atoms with Crippen LogP contribution in [0.4, 0.5) is 10.1 Å². The van der Waals surface area contributed by atoms with Crippen molar-refractivity contribution in [1.82, 2.24) is 9.97 Å². The van der Waals surface area contributed by atoms with Gasteiger partial charge in [-0.05, 0) is 43.2 Å². The maximum atomic E-state index is 13.6. The molecule has 0 fully saturated rings. The Bertz CT molecular complexity index is 849. The van der Waals surface area contributed by atoms with Crippen molar-refractivity contribution >= 4 is 17.0 Å². The van der Waals surface area contributed by atoms with E-state index in [4.69, 9.17) is 0 Å². The highest BCUT2D eigenvalue weighted by molar-refractivity contribution is 7.19. The predicted molar refractivity (Wildman–Crippen MR) is 89.0 cm³/mol. The molecular formula is C17H16FN3S. The van der Waals surface area contributed by atoms with Gasteiger partial charge in [-0.25, -0.2) is 9.37 Å². The Kier molecular flexibility index (Phi) is 3.04. The van der Waals surface area contributed by atoms with Crippen molar-refractivity contribution < 1.29 is 4.39 Å². The number of hydrogen-bond acceptors (Lipinski definition) is 3. The van der Waals surface area contributed by atoms with Gasteiger partial charge in [0.05, 0.1) is 4.88 Å². The number of likely N-dealkylation sites (N-methyl/N-ethyl adjacent to an activating group) is 1. The molecule has 4 rings (SSSR count). The quantitative estimate of drug-likeness (QED) is 0.728. The Morgan fingerprint density at radius 3 is 2.95 bits per heavy atom. The predicted octanol–water partition coefficient (Wildman–Crippen LogP) is 4.25. The summed E-state index contributed by atoms with van der Waals surface area (Å²) in [5.41, 5.74) is 4.44. The first-order chi connectivity index (χ1) is 10.6. The van der Waals surface area contributed by atoms with Gasteiger partial charge in [-0.15, -0.1) is 11.3 Å². The molecule has 3 heterocycles. The minimum absolute atomic E-state index is 0.188. The third-order valence-corrected chi connectivity index (χ3v) is 5.29. The van der Waals surface area contributed by atoms with Crippen LogP contribution in [0.2, 0.25) is 0 Å². The van der Waals surface area contributed by atoms with E-state index >= 15 is 0 Å². The van der Waals surface area contributed by atoms with Gasteiger partial charge in [-0.2, -0.15) is 0 Å². The Morgan fingerprint density at radius 2 is 2.18 bits per heavy atom. The topological polar surface area (TPSA) is 31.9 Å². The van der Waals surface area contributed by atoms with Crippen LogP contribution in [0.15, 0.2) is 30.5 Å². The monoisotopic (exact) mass is 313 g/mol. The second-order valence-electron chi connectivity index (χ2n) is 5.71. The fourth-order valence-corrected chi connectivity index (χ4v) is 4.11. The van der Waals surface area contributed by atoms with Gasteiger partial charge in [0.2, 0.25) is 0 Å². The van der Waals surface area contributed by atoms with Crippen molar-refractivity contribution in [3.05, 3.63) is 47.5 Å². The Hall–Kier alpha value is -2.14. The fraction of sp³-hybridized carbons (Fsp3) is 0.235. The minimum Gasteiger partial charge on any atom is -0.374 e. The Balaban J connectivity index is 1.88. The number of aromatic amines is 1. The standard InChI is InChI=1S/C17H16FN3S/c1-10-9-19-17(20-10)15-7-11-5-6-21(2)14-8-12(18)3-4-13(14)16(11)22-15/h3-4,7-9H,5-6H2,1-2H3,(H,19,20). The SMILES string of the molecule is Cc1cnc(-c2cc3c(s2)-c2ccc(F)cc2N(C)CC3)[nH]1. The van der Waals surface area contributed by atoms with E-state index in [9.17, 15) is 4.39 Å². The molecule has 1 aliphatic heterocycles. The van der Waals surface area contributed by atoms with E-state index in [1.165, 1.54) is 16.5 Å². The van der Waals surface area contributed by atoms with Gasteiger partial charge in [0.1, 0.15) is 11.6 Å². The normalized spacial score (nSPS) is 13.7. The largest absolute Gasteiger partial charge is 0.374 e. The zero-order chi connectivity index (χ0) is 15.3. The lowest BCUT2D eigenvalue weighted by molar-refractivity contribution is 0.627. The number of aryl methyl sites for hydroxylation is 1. The lowest BCUT2D eigenvalue weighted by Gasteiger charge is -2.19. The molecule has 3 nitrogen and oxygen atoms in total. The molecule has 22 heavy (non-hydrogen) atoms. The van der Waals surface area contributed by atoms with Crippen LogP contribution >= 0.6 is 11.3 Å². The van der Waals surface area contributed by atoms with Gasteiger partial charge >= 0.3 is 0 Å². The number of halogens is 1. The number of nitrogens with zero attached hydrogens (tertiary/aromatic N) is 2. The van der Waals surface area contributed by atoms with Crippen LogP contribution in [0.25, 0.3) is 21.1 Å². The summed E-state index contributed by atoms with van der Waals surface area (Å²) in [6.45, 7) is 2.89. The zero-order valence-corrected chi connectivity index (χ0v) is 13.3. The van der Waals surface area contributed by atoms with Crippen molar-refractivity contribution in [3.63, 3.8) is 0 Å². The summed E-state index contributed by atoms with van der Waals surface area (Å²) in [7, 11) is 2.02. The number of rotatable bonds is 1. The van der Waals surface area contributed by atoms with Crippen LogP contribution in [-0.4, -0.2) is 23.6 Å². The second kappa shape index (κ2) is 4.95. The zero-order valence-electron chi connectivity index (χ0n) is 12.5. The second-order valence-corrected chi connectivity index (χ2v) is 6.77. The molecule has 2 aromatic heterocycles. The maximum Gasteiger partial charge on any atom is 0.147 e. The van der Waals surface area contributed by atoms with Gasteiger partial charge in [-0.1, -0.05) is 0 Å². The van der Waals surface area contributed by atoms with E-state index in [0.29, 0.717) is 0 Å². The average molecular weight is 313 g/mol. The van der Waals surface area contributed by atoms with Gasteiger partial charge in [0.25, 0.3) is 0 Å². The van der Waals surface area contributed by atoms with Crippen LogP contribution in [0, 0.1) is 12.7 Å². The first kappa shape index (κ1) is 13.5. The van der Waals surface area contributed by atoms with Crippen LogP contribution in [-0.2, 0) is 6.42 Å². The first-order valence-corrected chi connectivity index (χ1v) is 8.09. The number of nitrogens with one attached hydrogen (secondary N) is 1. The van der Waals surface area contributed by atoms with Crippen molar-refractivity contribution in [2.24, 2.45) is 0 Å². The van der Waals surface area contributed by atoms with E-state index < -0.39 is 0 Å². The van der Waals surface area contributed by atoms with Crippen LogP contribution in [0.1, 0.15) is 11.3 Å². The minimum atomic E-state index is -0.188. The van der Waals surface area contributed by atoms with Gasteiger partial charge in [0, 0.05) is 41.6 Å². The van der Waals surface area contributed by atoms with Crippen molar-refractivity contribution in [2.45, 2.75) is 13.3 Å². The number of imidazole rings is 1. The third-order valence-electron chi connectivity index (χ3n) is 4.08. The first-order valence-electron chi connectivity index (χ1n) is 7.27. The Morgan fingerprint density at radius 1 is 1.32 bits per heavy atom. The molecule has 112 valence electrons. The molecule has 0 unspecified atom stereocenters. The van der Waals surface area contributed by atoms with E-state index in [2.05, 4.69) is 20.9 Å². The van der Waals surface area contributed by atoms with Gasteiger partial charge in [0.15, 0.2) is 0 Å². The number of anilines is 1. The summed E-state index contributed by atoms with van der Waals surface area (Å²) >= 11 is 1.72. The summed E-state index contributed by atoms with van der Waals surface area (Å²) in [4.78, 5) is 12.2. The number of fused-ring (bicyclic) bond motifs is 3. The van der Waals surface area contributed by atoms with Gasteiger partial charge < -0.3 is 9.88 Å². The molecule has 0 aliphatic carbocycles. The van der Waals surface area contributed by atoms with Crippen LogP contribution < -0.4 is 4.90 Å². The lowest BCUT2D eigenvalue weighted by Crippen LogP contribution is -2.19. The van der Waals surface area contributed by atoms with E-state index in [1.54, 1.807) is 17.4 Å². The van der Waals surface area contributed by atoms with E-state index in [1.807, 2.05) is 26.2 Å². The molecule has 0 amide bonds. The molecule has 5 heteroatoms. The number of thiophene rings is 1. The van der Waals surface area contributed by atoms with E-state index in [0.717, 1.165) is 40.6 Å². The van der Waals surface area contributed by atoms with Crippen LogP contribution in [0.5, 0.6) is 0 Å². The number of H-pyrrole nitrogens is 1. The Labute approximate surface area is 132 Å². The molecule has 1 aromatic carbocycles. The summed E-state index contributed by atoms with van der Waals surface area (Å²) < 4.78 is 13.6. The highest BCUT2D eigenvalue weighted by Crippen LogP contribution is 2.43. The lowest BCUT2D eigenvalue weighted by atomic mass is 10.1. The van der Waals surface area contributed by atoms with Crippen molar-refractivity contribution in [3.8, 4) is 21.1 Å². The van der Waals surface area contributed by atoms with Crippen molar-refractivity contribution in [1.29, 1.82) is 0 Å². The highest BCUT2D eigenvalue weighted by atomic mass is 32.1. The molecule has 1 N–H and O–H groups in total. The van der Waals surface area contributed by atoms with E-state index in [-0.39, 0.29) is 5.82 Å². The van der Waals surface area contributed by atoms with Crippen LogP contribution in [0.3, 0.4) is 0 Å². The third kappa shape index (κ3) is 2.13. The number of hydrogen-bond donors (Lipinski definition) is 1. The molecule has 0 spiro atoms. The average Bonchev–Trinajstić information content (AvgIpc) is 3.08. The molecular weight excluding hydrogens is 297 g/mol. The smallest absolute Gasteiger partial charge is 0.147 e. The molecule has 0 saturated carbocycles. The molecule has 1 aliphatic rings. The fourth-order valence-electron chi connectivity index (χ4n) is 2.92. The molecule has 0 radical (unpaired) electrons. The molecule has 0 bridgehead atoms. The summed E-state index contributed by atoms with van der Waals surface area (Å²) in [5.74, 6) is 0.722. The van der Waals surface area contributed by atoms with Crippen molar-refractivity contribution in [2.75, 3.05) is 18.5 Å². The maximum absolute atomic E-state index is 13.6. The summed E-state index contributed by atoms with van der Waals surface area (Å²) in [6, 6.07) is 7.27. The highest BCUT2D eigenvalue weighted by Gasteiger charge is 2.21. The molecule has 0 atom stereocenters. The number of benzene rings is 1. The molecule has 0 saturated heterocycles. The number of aromatic nitrogens is 2. The summed E-state index contributed by atoms with van der Waals surface area (Å²) in [5, 5.41) is 0. The summed E-state index contributed by atoms with van der Waals surface area (Å²) in [6.07, 6.45) is 2.80.